The molecule has 0 aromatic heterocycles. The third kappa shape index (κ3) is 3.70. The second-order valence-electron chi connectivity index (χ2n) is 4.55. The Morgan fingerprint density at radius 1 is 1.15 bits per heavy atom. The van der Waals surface area contributed by atoms with Crippen LogP contribution in [-0.2, 0) is 5.33 Å². The topological polar surface area (TPSA) is 29.1 Å². The van der Waals surface area contributed by atoms with Gasteiger partial charge in [-0.25, -0.2) is 0 Å². The first-order valence-corrected chi connectivity index (χ1v) is 8.23. The van der Waals surface area contributed by atoms with Crippen LogP contribution in [0.5, 0.6) is 0 Å². The normalized spacial score (nSPS) is 11.9. The summed E-state index contributed by atoms with van der Waals surface area (Å²) < 4.78 is 1.00. The van der Waals surface area contributed by atoms with Gasteiger partial charge in [-0.3, -0.25) is 4.79 Å². The van der Waals surface area contributed by atoms with Gasteiger partial charge in [-0.15, -0.1) is 0 Å². The Hall–Kier alpha value is -1.13. The lowest BCUT2D eigenvalue weighted by molar-refractivity contribution is 0.0940. The van der Waals surface area contributed by atoms with Crippen LogP contribution in [0.15, 0.2) is 53.0 Å². The van der Waals surface area contributed by atoms with Crippen LogP contribution in [0.25, 0.3) is 0 Å². The van der Waals surface area contributed by atoms with E-state index in [0.717, 1.165) is 20.9 Å². The van der Waals surface area contributed by atoms with E-state index in [1.165, 1.54) is 0 Å². The van der Waals surface area contributed by atoms with E-state index in [1.807, 2.05) is 55.5 Å². The Morgan fingerprint density at radius 2 is 1.80 bits per heavy atom. The van der Waals surface area contributed by atoms with Crippen molar-refractivity contribution in [2.75, 3.05) is 0 Å². The molecule has 0 aliphatic heterocycles. The maximum absolute atomic E-state index is 12.2. The highest BCUT2D eigenvalue weighted by Crippen LogP contribution is 2.23. The second-order valence-corrected chi connectivity index (χ2v) is 5.96. The third-order valence-electron chi connectivity index (χ3n) is 3.09. The number of amides is 1. The minimum atomic E-state index is -0.0608. The van der Waals surface area contributed by atoms with E-state index >= 15 is 0 Å². The molecule has 1 N–H and O–H groups in total. The van der Waals surface area contributed by atoms with Crippen LogP contribution in [-0.4, -0.2) is 5.91 Å². The smallest absolute Gasteiger partial charge is 0.251 e. The molecule has 1 atom stereocenters. The van der Waals surface area contributed by atoms with Gasteiger partial charge in [-0.05, 0) is 36.2 Å². The van der Waals surface area contributed by atoms with Crippen molar-refractivity contribution in [1.29, 1.82) is 0 Å². The average Bonchev–Trinajstić information content (AvgIpc) is 2.47. The van der Waals surface area contributed by atoms with Crippen LogP contribution in [0.3, 0.4) is 0 Å². The van der Waals surface area contributed by atoms with E-state index in [9.17, 15) is 4.79 Å². The highest BCUT2D eigenvalue weighted by atomic mass is 79.9. The van der Waals surface area contributed by atoms with E-state index in [0.29, 0.717) is 5.56 Å². The Morgan fingerprint density at radius 3 is 2.40 bits per heavy atom. The molecule has 2 aromatic rings. The molecular formula is C16H15Br2NO. The SMILES string of the molecule is C[C@H](NC(=O)c1ccc(CBr)cc1)c1ccccc1Br. The number of nitrogens with one attached hydrogen (secondary N) is 1. The first kappa shape index (κ1) is 15.3. The molecule has 0 aliphatic carbocycles. The summed E-state index contributed by atoms with van der Waals surface area (Å²) in [7, 11) is 0. The molecule has 0 fully saturated rings. The van der Waals surface area contributed by atoms with Gasteiger partial charge in [0.05, 0.1) is 6.04 Å². The second kappa shape index (κ2) is 7.04. The van der Waals surface area contributed by atoms with E-state index in [1.54, 1.807) is 0 Å². The van der Waals surface area contributed by atoms with Gasteiger partial charge in [0.15, 0.2) is 0 Å². The van der Waals surface area contributed by atoms with Crippen molar-refractivity contribution in [3.63, 3.8) is 0 Å². The molecule has 0 spiro atoms. The molecule has 20 heavy (non-hydrogen) atoms. The number of hydrogen-bond donors (Lipinski definition) is 1. The summed E-state index contributed by atoms with van der Waals surface area (Å²) in [4.78, 5) is 12.2. The van der Waals surface area contributed by atoms with Gasteiger partial charge in [0.25, 0.3) is 5.91 Å². The monoisotopic (exact) mass is 395 g/mol. The standard InChI is InChI=1S/C16H15Br2NO/c1-11(14-4-2-3-5-15(14)18)19-16(20)13-8-6-12(10-17)7-9-13/h2-9,11H,10H2,1H3,(H,19,20)/t11-/m0/s1. The van der Waals surface area contributed by atoms with Crippen molar-refractivity contribution in [2.24, 2.45) is 0 Å². The molecule has 0 saturated heterocycles. The molecule has 104 valence electrons. The Labute approximate surface area is 135 Å². The lowest BCUT2D eigenvalue weighted by Crippen LogP contribution is -2.26. The molecule has 2 rings (SSSR count). The minimum absolute atomic E-state index is 0.0473. The van der Waals surface area contributed by atoms with Gasteiger partial charge in [-0.2, -0.15) is 0 Å². The van der Waals surface area contributed by atoms with Crippen LogP contribution < -0.4 is 5.32 Å². The van der Waals surface area contributed by atoms with Crippen molar-refractivity contribution in [1.82, 2.24) is 5.32 Å². The molecule has 1 amide bonds. The lowest BCUT2D eigenvalue weighted by atomic mass is 10.1. The lowest BCUT2D eigenvalue weighted by Gasteiger charge is -2.16. The molecule has 2 nitrogen and oxygen atoms in total. The zero-order valence-electron chi connectivity index (χ0n) is 11.1. The minimum Gasteiger partial charge on any atom is -0.345 e. The summed E-state index contributed by atoms with van der Waals surface area (Å²) in [5.41, 5.74) is 2.90. The summed E-state index contributed by atoms with van der Waals surface area (Å²) in [6.45, 7) is 1.98. The Kier molecular flexibility index (Phi) is 5.38. The highest BCUT2D eigenvalue weighted by molar-refractivity contribution is 9.10. The number of benzene rings is 2. The fourth-order valence-electron chi connectivity index (χ4n) is 1.93. The quantitative estimate of drug-likeness (QED) is 0.736. The number of carbonyl (C=O) groups excluding carboxylic acids is 1. The van der Waals surface area contributed by atoms with Crippen LogP contribution in [0.2, 0.25) is 0 Å². The van der Waals surface area contributed by atoms with Crippen LogP contribution in [0.1, 0.15) is 34.5 Å². The van der Waals surface area contributed by atoms with Gasteiger partial charge in [0, 0.05) is 15.4 Å². The maximum Gasteiger partial charge on any atom is 0.251 e. The number of carbonyl (C=O) groups is 1. The fourth-order valence-corrected chi connectivity index (χ4v) is 2.93. The van der Waals surface area contributed by atoms with Gasteiger partial charge in [-0.1, -0.05) is 62.2 Å². The number of halogens is 2. The molecular weight excluding hydrogens is 382 g/mol. The van der Waals surface area contributed by atoms with E-state index in [-0.39, 0.29) is 11.9 Å². The zero-order valence-corrected chi connectivity index (χ0v) is 14.2. The largest absolute Gasteiger partial charge is 0.345 e. The summed E-state index contributed by atoms with van der Waals surface area (Å²) >= 11 is 6.90. The van der Waals surface area contributed by atoms with Crippen LogP contribution >= 0.6 is 31.9 Å². The molecule has 4 heteroatoms. The summed E-state index contributed by atoms with van der Waals surface area (Å²) in [5, 5.41) is 3.80. The van der Waals surface area contributed by atoms with Crippen molar-refractivity contribution < 1.29 is 4.79 Å². The van der Waals surface area contributed by atoms with Crippen molar-refractivity contribution in [3.8, 4) is 0 Å². The van der Waals surface area contributed by atoms with Crippen LogP contribution in [0.4, 0.5) is 0 Å². The predicted molar refractivity (Wildman–Crippen MR) is 89.1 cm³/mol. The molecule has 0 saturated carbocycles. The van der Waals surface area contributed by atoms with Gasteiger partial charge >= 0.3 is 0 Å². The Bertz CT molecular complexity index is 596. The molecule has 2 aromatic carbocycles. The number of hydrogen-bond acceptors (Lipinski definition) is 1. The molecule has 0 unspecified atom stereocenters. The molecule has 0 aliphatic rings. The summed E-state index contributed by atoms with van der Waals surface area (Å²) in [6.07, 6.45) is 0. The third-order valence-corrected chi connectivity index (χ3v) is 4.46. The average molecular weight is 397 g/mol. The Balaban J connectivity index is 2.09. The molecule has 0 heterocycles. The predicted octanol–water partition coefficient (Wildman–Crippen LogP) is 4.84. The van der Waals surface area contributed by atoms with Gasteiger partial charge in [0.2, 0.25) is 0 Å². The van der Waals surface area contributed by atoms with E-state index in [4.69, 9.17) is 0 Å². The number of rotatable bonds is 4. The highest BCUT2D eigenvalue weighted by Gasteiger charge is 2.13. The summed E-state index contributed by atoms with van der Waals surface area (Å²) in [6, 6.07) is 15.5. The zero-order chi connectivity index (χ0) is 14.5. The van der Waals surface area contributed by atoms with E-state index < -0.39 is 0 Å². The van der Waals surface area contributed by atoms with Gasteiger partial charge < -0.3 is 5.32 Å². The first-order valence-electron chi connectivity index (χ1n) is 6.32. The van der Waals surface area contributed by atoms with Crippen molar-refractivity contribution >= 4 is 37.8 Å². The van der Waals surface area contributed by atoms with E-state index in [2.05, 4.69) is 37.2 Å². The van der Waals surface area contributed by atoms with Crippen LogP contribution in [0, 0.1) is 0 Å². The summed E-state index contributed by atoms with van der Waals surface area (Å²) in [5.74, 6) is -0.0608. The first-order chi connectivity index (χ1) is 9.61. The fraction of sp³-hybridized carbons (Fsp3) is 0.188. The van der Waals surface area contributed by atoms with Gasteiger partial charge in [0.1, 0.15) is 0 Å². The molecule has 0 bridgehead atoms. The van der Waals surface area contributed by atoms with Crippen molar-refractivity contribution in [2.45, 2.75) is 18.3 Å². The maximum atomic E-state index is 12.2. The molecule has 0 radical (unpaired) electrons. The van der Waals surface area contributed by atoms with Crippen molar-refractivity contribution in [3.05, 3.63) is 69.7 Å². The number of alkyl halides is 1.